The van der Waals surface area contributed by atoms with Crippen molar-refractivity contribution in [3.8, 4) is 0 Å². The second kappa shape index (κ2) is 9.39. The first kappa shape index (κ1) is 22.3. The predicted molar refractivity (Wildman–Crippen MR) is 120 cm³/mol. The summed E-state index contributed by atoms with van der Waals surface area (Å²) in [6, 6.07) is 20.4. The molecule has 0 aliphatic carbocycles. The van der Waals surface area contributed by atoms with Gasteiger partial charge in [0, 0.05) is 31.1 Å². The molecule has 3 fully saturated rings. The maximum atomic E-state index is 6.48. The van der Waals surface area contributed by atoms with Crippen LogP contribution in [0.5, 0.6) is 0 Å². The molecule has 6 atom stereocenters. The van der Waals surface area contributed by atoms with Crippen LogP contribution in [0, 0.1) is 0 Å². The van der Waals surface area contributed by atoms with Gasteiger partial charge in [0.05, 0.1) is 0 Å². The van der Waals surface area contributed by atoms with Crippen LogP contribution in [0.4, 0.5) is 0 Å². The molecule has 0 amide bonds. The van der Waals surface area contributed by atoms with Gasteiger partial charge in [0.2, 0.25) is 0 Å². The van der Waals surface area contributed by atoms with E-state index in [9.17, 15) is 0 Å². The van der Waals surface area contributed by atoms with Crippen LogP contribution < -0.4 is 0 Å². The summed E-state index contributed by atoms with van der Waals surface area (Å²) in [5, 5.41) is 0. The van der Waals surface area contributed by atoms with Crippen LogP contribution in [-0.4, -0.2) is 60.4 Å². The summed E-state index contributed by atoms with van der Waals surface area (Å²) in [7, 11) is 0. The second-order valence-corrected chi connectivity index (χ2v) is 9.37. The lowest BCUT2D eigenvalue weighted by molar-refractivity contribution is -0.311. The van der Waals surface area contributed by atoms with Crippen LogP contribution in [0.25, 0.3) is 0 Å². The third kappa shape index (κ3) is 4.73. The minimum Gasteiger partial charge on any atom is -0.341 e. The average Bonchev–Trinajstić information content (AvgIpc) is 3.27. The van der Waals surface area contributed by atoms with E-state index in [-0.39, 0.29) is 24.4 Å². The van der Waals surface area contributed by atoms with Gasteiger partial charge < -0.3 is 23.7 Å². The van der Waals surface area contributed by atoms with Gasteiger partial charge in [-0.3, -0.25) is 4.90 Å². The van der Waals surface area contributed by atoms with Gasteiger partial charge in [-0.25, -0.2) is 0 Å². The first-order valence-corrected chi connectivity index (χ1v) is 11.7. The van der Waals surface area contributed by atoms with Crippen molar-refractivity contribution < 1.29 is 23.7 Å². The highest BCUT2D eigenvalue weighted by molar-refractivity contribution is 6.18. The zero-order valence-corrected chi connectivity index (χ0v) is 19.2. The molecule has 3 aliphatic rings. The van der Waals surface area contributed by atoms with E-state index in [0.717, 1.165) is 18.7 Å². The molecule has 2 aromatic rings. The highest BCUT2D eigenvalue weighted by Gasteiger charge is 2.60. The van der Waals surface area contributed by atoms with Crippen molar-refractivity contribution in [2.24, 2.45) is 0 Å². The van der Waals surface area contributed by atoms with E-state index in [1.807, 2.05) is 50.2 Å². The van der Waals surface area contributed by atoms with Crippen molar-refractivity contribution in [1.82, 2.24) is 4.90 Å². The van der Waals surface area contributed by atoms with Gasteiger partial charge in [-0.15, -0.1) is 11.6 Å². The molecule has 7 heteroatoms. The molecule has 2 aromatic carbocycles. The van der Waals surface area contributed by atoms with Crippen LogP contribution >= 0.6 is 11.6 Å². The van der Waals surface area contributed by atoms with E-state index in [4.69, 9.17) is 35.3 Å². The van der Waals surface area contributed by atoms with E-state index in [2.05, 4.69) is 29.2 Å². The first-order chi connectivity index (χ1) is 15.5. The molecule has 0 radical (unpaired) electrons. The smallest absolute Gasteiger partial charge is 0.190 e. The summed E-state index contributed by atoms with van der Waals surface area (Å²) in [6.07, 6.45) is -2.02. The minimum atomic E-state index is -0.697. The Bertz CT molecular complexity index is 882. The van der Waals surface area contributed by atoms with Crippen molar-refractivity contribution in [3.63, 3.8) is 0 Å². The van der Waals surface area contributed by atoms with Crippen LogP contribution in [0.2, 0.25) is 0 Å². The molecule has 3 aliphatic heterocycles. The van der Waals surface area contributed by atoms with Gasteiger partial charge >= 0.3 is 0 Å². The standard InChI is InChI=1S/C25H30ClNO5/c1-25(2)31-22-21-20(29-24(22)32-25)19(28-23(30-21)18-11-7-4-8-12-18)16-27(14-13-26)15-17-9-5-3-6-10-17/h3-12,19-24H,13-16H2,1-2H3. The fourth-order valence-corrected chi connectivity index (χ4v) is 4.97. The summed E-state index contributed by atoms with van der Waals surface area (Å²) >= 11 is 6.15. The zero-order valence-electron chi connectivity index (χ0n) is 18.4. The van der Waals surface area contributed by atoms with Crippen molar-refractivity contribution in [2.45, 2.75) is 63.2 Å². The fourth-order valence-electron chi connectivity index (χ4n) is 4.73. The molecule has 5 rings (SSSR count). The van der Waals surface area contributed by atoms with E-state index < -0.39 is 18.4 Å². The maximum Gasteiger partial charge on any atom is 0.190 e. The molecule has 6 nitrogen and oxygen atoms in total. The van der Waals surface area contributed by atoms with Crippen LogP contribution in [-0.2, 0) is 30.2 Å². The monoisotopic (exact) mass is 459 g/mol. The summed E-state index contributed by atoms with van der Waals surface area (Å²) in [4.78, 5) is 2.31. The molecular formula is C25H30ClNO5. The number of benzene rings is 2. The van der Waals surface area contributed by atoms with Crippen molar-refractivity contribution in [3.05, 3.63) is 71.8 Å². The SMILES string of the molecule is CC1(C)OC2OC3C(CN(CCCl)Cc4ccccc4)OC(c4ccccc4)OC3C2O1. The van der Waals surface area contributed by atoms with Crippen LogP contribution in [0.15, 0.2) is 60.7 Å². The molecule has 0 bridgehead atoms. The molecule has 3 heterocycles. The normalized spacial score (nSPS) is 33.2. The number of alkyl halides is 1. The van der Waals surface area contributed by atoms with Gasteiger partial charge in [0.25, 0.3) is 0 Å². The molecule has 0 aromatic heterocycles. The average molecular weight is 460 g/mol. The predicted octanol–water partition coefficient (Wildman–Crippen LogP) is 4.09. The largest absolute Gasteiger partial charge is 0.341 e. The Morgan fingerprint density at radius 3 is 2.28 bits per heavy atom. The van der Waals surface area contributed by atoms with Crippen LogP contribution in [0.3, 0.4) is 0 Å². The summed E-state index contributed by atoms with van der Waals surface area (Å²) < 4.78 is 31.3. The van der Waals surface area contributed by atoms with E-state index >= 15 is 0 Å². The Labute approximate surface area is 194 Å². The molecule has 0 N–H and O–H groups in total. The van der Waals surface area contributed by atoms with E-state index in [1.165, 1.54) is 5.56 Å². The number of nitrogens with zero attached hydrogens (tertiary/aromatic N) is 1. The number of ether oxygens (including phenoxy) is 5. The lowest BCUT2D eigenvalue weighted by Gasteiger charge is -2.41. The van der Waals surface area contributed by atoms with Crippen molar-refractivity contribution in [1.29, 1.82) is 0 Å². The quantitative estimate of drug-likeness (QED) is 0.581. The topological polar surface area (TPSA) is 49.4 Å². The Balaban J connectivity index is 1.38. The first-order valence-electron chi connectivity index (χ1n) is 11.2. The fraction of sp³-hybridized carbons (Fsp3) is 0.520. The Kier molecular flexibility index (Phi) is 6.54. The molecule has 0 spiro atoms. The van der Waals surface area contributed by atoms with Gasteiger partial charge in [-0.05, 0) is 19.4 Å². The zero-order chi connectivity index (χ0) is 22.1. The number of hydrogen-bond acceptors (Lipinski definition) is 6. The van der Waals surface area contributed by atoms with Gasteiger partial charge in [0.1, 0.15) is 24.4 Å². The number of hydrogen-bond donors (Lipinski definition) is 0. The Morgan fingerprint density at radius 2 is 1.56 bits per heavy atom. The Morgan fingerprint density at radius 1 is 0.844 bits per heavy atom. The number of halogens is 1. The molecule has 6 unspecified atom stereocenters. The lowest BCUT2D eigenvalue weighted by atomic mass is 10.0. The van der Waals surface area contributed by atoms with Crippen LogP contribution in [0.1, 0.15) is 31.3 Å². The summed E-state index contributed by atoms with van der Waals surface area (Å²) in [5.41, 5.74) is 2.21. The highest BCUT2D eigenvalue weighted by Crippen LogP contribution is 2.45. The molecular weight excluding hydrogens is 430 g/mol. The third-order valence-corrected chi connectivity index (χ3v) is 6.30. The van der Waals surface area contributed by atoms with E-state index in [1.54, 1.807) is 0 Å². The number of fused-ring (bicyclic) bond motifs is 3. The molecule has 32 heavy (non-hydrogen) atoms. The summed E-state index contributed by atoms with van der Waals surface area (Å²) in [5.74, 6) is -0.156. The van der Waals surface area contributed by atoms with Gasteiger partial charge in [0.15, 0.2) is 18.4 Å². The molecule has 172 valence electrons. The van der Waals surface area contributed by atoms with Gasteiger partial charge in [-0.1, -0.05) is 60.7 Å². The number of rotatable bonds is 7. The minimum absolute atomic E-state index is 0.216. The van der Waals surface area contributed by atoms with Gasteiger partial charge in [-0.2, -0.15) is 0 Å². The Hall–Kier alpha value is -1.51. The van der Waals surface area contributed by atoms with E-state index in [0.29, 0.717) is 12.4 Å². The summed E-state index contributed by atoms with van der Waals surface area (Å²) in [6.45, 7) is 6.00. The highest BCUT2D eigenvalue weighted by atomic mass is 35.5. The van der Waals surface area contributed by atoms with Crippen molar-refractivity contribution >= 4 is 11.6 Å². The third-order valence-electron chi connectivity index (χ3n) is 6.13. The van der Waals surface area contributed by atoms with Crippen molar-refractivity contribution in [2.75, 3.05) is 19.0 Å². The lowest BCUT2D eigenvalue weighted by Crippen LogP contribution is -2.53. The second-order valence-electron chi connectivity index (χ2n) is 9.00. The maximum absolute atomic E-state index is 6.48. The molecule has 0 saturated carbocycles. The molecule has 3 saturated heterocycles.